The second-order valence-electron chi connectivity index (χ2n) is 2.46. The highest BCUT2D eigenvalue weighted by molar-refractivity contribution is 5.50. The van der Waals surface area contributed by atoms with E-state index in [4.69, 9.17) is 4.74 Å². The Morgan fingerprint density at radius 1 is 1.36 bits per heavy atom. The molecule has 0 amide bonds. The zero-order valence-corrected chi connectivity index (χ0v) is 6.03. The number of rotatable bonds is 1. The molecule has 55 valence electrons. The van der Waals surface area contributed by atoms with Crippen molar-refractivity contribution in [3.05, 3.63) is 35.9 Å². The topological polar surface area (TPSA) is 21.6 Å². The van der Waals surface area contributed by atoms with Crippen LogP contribution in [-0.4, -0.2) is 13.0 Å². The molecule has 1 radical (unpaired) electrons. The molecule has 0 spiro atoms. The van der Waals surface area contributed by atoms with Crippen LogP contribution in [0.2, 0.25) is 0 Å². The zero-order valence-electron chi connectivity index (χ0n) is 6.03. The first-order valence-electron chi connectivity index (χ1n) is 3.58. The molecule has 1 atom stereocenters. The number of hydrogen-bond donors (Lipinski definition) is 0. The predicted octanol–water partition coefficient (Wildman–Crippen LogP) is 1.66. The van der Waals surface area contributed by atoms with Crippen molar-refractivity contribution in [3.8, 4) is 0 Å². The van der Waals surface area contributed by atoms with Crippen molar-refractivity contribution in [2.24, 2.45) is 4.99 Å². The molecule has 0 aromatic heterocycles. The van der Waals surface area contributed by atoms with E-state index in [0.717, 1.165) is 0 Å². The van der Waals surface area contributed by atoms with E-state index in [9.17, 15) is 0 Å². The smallest absolute Gasteiger partial charge is 0.273 e. The van der Waals surface area contributed by atoms with Gasteiger partial charge in [0.1, 0.15) is 12.6 Å². The summed E-state index contributed by atoms with van der Waals surface area (Å²) in [5.41, 5.74) is 1.19. The first-order valence-corrected chi connectivity index (χ1v) is 3.58. The van der Waals surface area contributed by atoms with Crippen molar-refractivity contribution in [2.75, 3.05) is 6.61 Å². The molecular formula is C9H8NO. The summed E-state index contributed by atoms with van der Waals surface area (Å²) in [7, 11) is 0. The SMILES string of the molecule is [C]1=NC(c2ccccc2)CO1. The van der Waals surface area contributed by atoms with Crippen LogP contribution in [0, 0.1) is 0 Å². The van der Waals surface area contributed by atoms with Crippen LogP contribution in [0.25, 0.3) is 0 Å². The number of ether oxygens (including phenoxy) is 1. The maximum absolute atomic E-state index is 4.89. The van der Waals surface area contributed by atoms with E-state index in [-0.39, 0.29) is 6.04 Å². The molecule has 0 saturated heterocycles. The number of nitrogens with zero attached hydrogens (tertiary/aromatic N) is 1. The zero-order chi connectivity index (χ0) is 7.52. The minimum absolute atomic E-state index is 0.163. The lowest BCUT2D eigenvalue weighted by Crippen LogP contribution is -1.95. The standard InChI is InChI=1S/C9H8NO/c1-2-4-8(5-3-1)9-6-11-7-10-9/h1-5,9H,6H2. The number of aliphatic imine (C=N–C) groups is 1. The van der Waals surface area contributed by atoms with E-state index in [1.165, 1.54) is 5.56 Å². The Bertz CT molecular complexity index is 256. The Kier molecular flexibility index (Phi) is 1.60. The third kappa shape index (κ3) is 1.24. The summed E-state index contributed by atoms with van der Waals surface area (Å²) in [6.45, 7) is 0.629. The fourth-order valence-electron chi connectivity index (χ4n) is 1.10. The molecule has 11 heavy (non-hydrogen) atoms. The minimum atomic E-state index is 0.163. The van der Waals surface area contributed by atoms with E-state index in [0.29, 0.717) is 6.61 Å². The van der Waals surface area contributed by atoms with Gasteiger partial charge in [-0.15, -0.1) is 0 Å². The lowest BCUT2D eigenvalue weighted by molar-refractivity contribution is 0.330. The largest absolute Gasteiger partial charge is 0.471 e. The first kappa shape index (κ1) is 6.40. The van der Waals surface area contributed by atoms with Gasteiger partial charge in [0.05, 0.1) is 0 Å². The molecule has 1 aliphatic rings. The predicted molar refractivity (Wildman–Crippen MR) is 42.6 cm³/mol. The average molecular weight is 146 g/mol. The lowest BCUT2D eigenvalue weighted by Gasteiger charge is -2.03. The van der Waals surface area contributed by atoms with Crippen molar-refractivity contribution in [1.82, 2.24) is 0 Å². The van der Waals surface area contributed by atoms with Gasteiger partial charge in [-0.3, -0.25) is 0 Å². The van der Waals surface area contributed by atoms with Crippen molar-refractivity contribution in [2.45, 2.75) is 6.04 Å². The van der Waals surface area contributed by atoms with Gasteiger partial charge in [0.25, 0.3) is 6.40 Å². The van der Waals surface area contributed by atoms with Gasteiger partial charge in [-0.1, -0.05) is 30.3 Å². The fraction of sp³-hybridized carbons (Fsp3) is 0.222. The van der Waals surface area contributed by atoms with Crippen LogP contribution < -0.4 is 0 Å². The van der Waals surface area contributed by atoms with Crippen LogP contribution in [0.4, 0.5) is 0 Å². The molecule has 0 saturated carbocycles. The maximum Gasteiger partial charge on any atom is 0.273 e. The Balaban J connectivity index is 2.23. The summed E-state index contributed by atoms with van der Waals surface area (Å²) in [4.78, 5) is 4.03. The lowest BCUT2D eigenvalue weighted by atomic mass is 10.1. The third-order valence-electron chi connectivity index (χ3n) is 1.70. The van der Waals surface area contributed by atoms with Crippen molar-refractivity contribution in [1.29, 1.82) is 0 Å². The monoisotopic (exact) mass is 146 g/mol. The van der Waals surface area contributed by atoms with Crippen molar-refractivity contribution < 1.29 is 4.74 Å². The van der Waals surface area contributed by atoms with Gasteiger partial charge in [-0.25, -0.2) is 4.99 Å². The van der Waals surface area contributed by atoms with Crippen LogP contribution in [-0.2, 0) is 4.74 Å². The summed E-state index contributed by atoms with van der Waals surface area (Å²) in [5.74, 6) is 0. The van der Waals surface area contributed by atoms with Gasteiger partial charge in [0.15, 0.2) is 0 Å². The Morgan fingerprint density at radius 3 is 2.82 bits per heavy atom. The molecule has 0 bridgehead atoms. The summed E-state index contributed by atoms with van der Waals surface area (Å²) in [6.07, 6.45) is 2.50. The molecule has 1 aromatic carbocycles. The minimum Gasteiger partial charge on any atom is -0.471 e. The summed E-state index contributed by atoms with van der Waals surface area (Å²) in [5, 5.41) is 0. The Morgan fingerprint density at radius 2 is 2.18 bits per heavy atom. The van der Waals surface area contributed by atoms with Crippen LogP contribution in [0.5, 0.6) is 0 Å². The molecule has 2 nitrogen and oxygen atoms in total. The quantitative estimate of drug-likeness (QED) is 0.590. The van der Waals surface area contributed by atoms with E-state index in [2.05, 4.69) is 11.4 Å². The van der Waals surface area contributed by atoms with Gasteiger partial charge < -0.3 is 4.74 Å². The molecular weight excluding hydrogens is 138 g/mol. The fourth-order valence-corrected chi connectivity index (χ4v) is 1.10. The van der Waals surface area contributed by atoms with E-state index in [1.807, 2.05) is 30.3 Å². The van der Waals surface area contributed by atoms with Crippen molar-refractivity contribution >= 4 is 6.40 Å². The molecule has 0 fully saturated rings. The van der Waals surface area contributed by atoms with Crippen molar-refractivity contribution in [3.63, 3.8) is 0 Å². The van der Waals surface area contributed by atoms with E-state index < -0.39 is 0 Å². The molecule has 2 heteroatoms. The summed E-state index contributed by atoms with van der Waals surface area (Å²) in [6, 6.07) is 10.3. The molecule has 1 heterocycles. The van der Waals surface area contributed by atoms with Gasteiger partial charge in [-0.05, 0) is 5.56 Å². The molecule has 1 aliphatic heterocycles. The summed E-state index contributed by atoms with van der Waals surface area (Å²) < 4.78 is 4.89. The highest BCUT2D eigenvalue weighted by Crippen LogP contribution is 2.19. The van der Waals surface area contributed by atoms with Crippen LogP contribution in [0.15, 0.2) is 35.3 Å². The third-order valence-corrected chi connectivity index (χ3v) is 1.70. The average Bonchev–Trinajstić information content (AvgIpc) is 2.58. The molecule has 2 rings (SSSR count). The second kappa shape index (κ2) is 2.74. The normalized spacial score (nSPS) is 21.6. The van der Waals surface area contributed by atoms with Gasteiger partial charge in [0.2, 0.25) is 0 Å². The van der Waals surface area contributed by atoms with E-state index >= 15 is 0 Å². The van der Waals surface area contributed by atoms with Crippen LogP contribution in [0.3, 0.4) is 0 Å². The Labute approximate surface area is 65.5 Å². The molecule has 1 aromatic rings. The second-order valence-corrected chi connectivity index (χ2v) is 2.46. The van der Waals surface area contributed by atoms with Crippen LogP contribution >= 0.6 is 0 Å². The maximum atomic E-state index is 4.89. The first-order chi connectivity index (χ1) is 5.47. The Hall–Kier alpha value is -1.31. The van der Waals surface area contributed by atoms with Gasteiger partial charge >= 0.3 is 0 Å². The van der Waals surface area contributed by atoms with Gasteiger partial charge in [0, 0.05) is 0 Å². The van der Waals surface area contributed by atoms with E-state index in [1.54, 1.807) is 0 Å². The number of benzene rings is 1. The van der Waals surface area contributed by atoms with Gasteiger partial charge in [-0.2, -0.15) is 0 Å². The molecule has 1 unspecified atom stereocenters. The molecule has 0 N–H and O–H groups in total. The summed E-state index contributed by atoms with van der Waals surface area (Å²) >= 11 is 0. The molecule has 0 aliphatic carbocycles. The van der Waals surface area contributed by atoms with Crippen LogP contribution in [0.1, 0.15) is 11.6 Å². The number of hydrogen-bond acceptors (Lipinski definition) is 2. The highest BCUT2D eigenvalue weighted by Gasteiger charge is 2.13. The highest BCUT2D eigenvalue weighted by atomic mass is 16.5.